The van der Waals surface area contributed by atoms with Gasteiger partial charge >= 0.3 is 5.97 Å². The van der Waals surface area contributed by atoms with E-state index in [0.29, 0.717) is 12.2 Å². The van der Waals surface area contributed by atoms with Crippen molar-refractivity contribution >= 4 is 5.97 Å². The maximum Gasteiger partial charge on any atom is 0.333 e. The van der Waals surface area contributed by atoms with E-state index in [-0.39, 0.29) is 12.6 Å². The largest absolute Gasteiger partial charge is 0.490 e. The highest BCUT2D eigenvalue weighted by Crippen LogP contribution is 2.15. The average Bonchev–Trinajstić information content (AvgIpc) is 2.22. The van der Waals surface area contributed by atoms with Gasteiger partial charge in [0.05, 0.1) is 0 Å². The maximum absolute atomic E-state index is 11.1. The number of benzene rings is 1. The number of hydrogen-bond donors (Lipinski definition) is 0. The lowest BCUT2D eigenvalue weighted by atomic mass is 10.1. The van der Waals surface area contributed by atoms with Gasteiger partial charge in [-0.05, 0) is 44.0 Å². The fourth-order valence-electron chi connectivity index (χ4n) is 1.43. The van der Waals surface area contributed by atoms with Crippen molar-refractivity contribution in [2.75, 3.05) is 13.2 Å². The minimum absolute atomic E-state index is 0.235. The van der Waals surface area contributed by atoms with Crippen LogP contribution in [0.1, 0.15) is 18.1 Å². The molecule has 1 rings (SSSR count). The lowest BCUT2D eigenvalue weighted by molar-refractivity contribution is -0.139. The van der Waals surface area contributed by atoms with Gasteiger partial charge in [-0.15, -0.1) is 0 Å². The molecule has 0 radical (unpaired) electrons. The highest BCUT2D eigenvalue weighted by atomic mass is 16.6. The van der Waals surface area contributed by atoms with E-state index >= 15 is 0 Å². The van der Waals surface area contributed by atoms with Gasteiger partial charge in [0.2, 0.25) is 0 Å². The highest BCUT2D eigenvalue weighted by Gasteiger charge is 2.02. The van der Waals surface area contributed by atoms with Gasteiger partial charge in [0, 0.05) is 5.57 Å². The summed E-state index contributed by atoms with van der Waals surface area (Å²) in [6, 6.07) is 5.98. The molecule has 3 nitrogen and oxygen atoms in total. The summed E-state index contributed by atoms with van der Waals surface area (Å²) in [6.07, 6.45) is 0. The van der Waals surface area contributed by atoms with Gasteiger partial charge in [-0.3, -0.25) is 0 Å². The Morgan fingerprint density at radius 1 is 1.18 bits per heavy atom. The predicted molar refractivity (Wildman–Crippen MR) is 67.2 cm³/mol. The molecule has 0 saturated heterocycles. The molecule has 0 atom stereocenters. The average molecular weight is 234 g/mol. The van der Waals surface area contributed by atoms with E-state index in [1.54, 1.807) is 6.92 Å². The highest BCUT2D eigenvalue weighted by molar-refractivity contribution is 5.86. The fourth-order valence-corrected chi connectivity index (χ4v) is 1.43. The third kappa shape index (κ3) is 4.72. The smallest absolute Gasteiger partial charge is 0.333 e. The molecule has 1 aromatic rings. The Kier molecular flexibility index (Phi) is 4.76. The van der Waals surface area contributed by atoms with Crippen LogP contribution in [-0.2, 0) is 9.53 Å². The molecule has 17 heavy (non-hydrogen) atoms. The second-order valence-electron chi connectivity index (χ2n) is 4.09. The maximum atomic E-state index is 11.1. The van der Waals surface area contributed by atoms with Crippen molar-refractivity contribution < 1.29 is 14.3 Å². The van der Waals surface area contributed by atoms with Crippen LogP contribution in [0.25, 0.3) is 0 Å². The zero-order valence-corrected chi connectivity index (χ0v) is 10.6. The monoisotopic (exact) mass is 234 g/mol. The zero-order valence-electron chi connectivity index (χ0n) is 10.6. The summed E-state index contributed by atoms with van der Waals surface area (Å²) in [5.74, 6) is 0.419. The Morgan fingerprint density at radius 3 is 2.29 bits per heavy atom. The van der Waals surface area contributed by atoms with Gasteiger partial charge in [-0.2, -0.15) is 0 Å². The van der Waals surface area contributed by atoms with Crippen LogP contribution in [0.5, 0.6) is 5.75 Å². The normalized spacial score (nSPS) is 9.82. The van der Waals surface area contributed by atoms with Crippen LogP contribution in [0.15, 0.2) is 30.4 Å². The summed E-state index contributed by atoms with van der Waals surface area (Å²) in [7, 11) is 0. The molecule has 0 aliphatic carbocycles. The molecular formula is C14H18O3. The van der Waals surface area contributed by atoms with Crippen molar-refractivity contribution in [3.63, 3.8) is 0 Å². The lowest BCUT2D eigenvalue weighted by Gasteiger charge is -2.08. The molecule has 92 valence electrons. The van der Waals surface area contributed by atoms with E-state index in [1.165, 1.54) is 0 Å². The summed E-state index contributed by atoms with van der Waals surface area (Å²) >= 11 is 0. The van der Waals surface area contributed by atoms with E-state index in [2.05, 4.69) is 12.6 Å². The lowest BCUT2D eigenvalue weighted by Crippen LogP contribution is -2.12. The number of carbonyl (C=O) groups excluding carboxylic acids is 1. The predicted octanol–water partition coefficient (Wildman–Crippen LogP) is 2.80. The minimum Gasteiger partial charge on any atom is -0.490 e. The molecule has 3 heteroatoms. The molecule has 0 unspecified atom stereocenters. The van der Waals surface area contributed by atoms with Crippen LogP contribution >= 0.6 is 0 Å². The number of hydrogen-bond acceptors (Lipinski definition) is 3. The molecule has 0 amide bonds. The van der Waals surface area contributed by atoms with Crippen molar-refractivity contribution in [1.29, 1.82) is 0 Å². The van der Waals surface area contributed by atoms with Crippen LogP contribution in [0.2, 0.25) is 0 Å². The molecule has 0 N–H and O–H groups in total. The molecule has 0 saturated carbocycles. The zero-order chi connectivity index (χ0) is 12.8. The second-order valence-corrected chi connectivity index (χ2v) is 4.09. The summed E-state index contributed by atoms with van der Waals surface area (Å²) in [4.78, 5) is 11.1. The molecule has 0 aliphatic rings. The Bertz CT molecular complexity index is 401. The first-order valence-electron chi connectivity index (χ1n) is 5.53. The van der Waals surface area contributed by atoms with Crippen LogP contribution in [0, 0.1) is 13.8 Å². The Balaban J connectivity index is 2.36. The molecule has 1 aromatic carbocycles. The van der Waals surface area contributed by atoms with Gasteiger partial charge < -0.3 is 9.47 Å². The first-order valence-corrected chi connectivity index (χ1v) is 5.53. The van der Waals surface area contributed by atoms with Gasteiger partial charge in [-0.25, -0.2) is 4.79 Å². The first-order chi connectivity index (χ1) is 7.99. The van der Waals surface area contributed by atoms with E-state index in [1.807, 2.05) is 26.0 Å². The molecule has 0 spiro atoms. The molecular weight excluding hydrogens is 216 g/mol. The fraction of sp³-hybridized carbons (Fsp3) is 0.357. The first kappa shape index (κ1) is 13.3. The summed E-state index contributed by atoms with van der Waals surface area (Å²) in [6.45, 7) is 9.73. The van der Waals surface area contributed by atoms with Crippen molar-refractivity contribution in [3.05, 3.63) is 41.5 Å². The summed E-state index contributed by atoms with van der Waals surface area (Å²) in [5.41, 5.74) is 2.70. The Morgan fingerprint density at radius 2 is 1.76 bits per heavy atom. The quantitative estimate of drug-likeness (QED) is 0.446. The molecule has 0 heterocycles. The standard InChI is InChI=1S/C14H18O3/c1-10(2)14(15)17-6-5-16-13-8-11(3)7-12(4)9-13/h7-9H,1,5-6H2,2-4H3. The van der Waals surface area contributed by atoms with Gasteiger partial charge in [0.1, 0.15) is 19.0 Å². The number of ether oxygens (including phenoxy) is 2. The third-order valence-corrected chi connectivity index (χ3v) is 2.13. The van der Waals surface area contributed by atoms with Gasteiger partial charge in [0.25, 0.3) is 0 Å². The molecule has 0 fully saturated rings. The topological polar surface area (TPSA) is 35.5 Å². The van der Waals surface area contributed by atoms with Crippen molar-refractivity contribution in [3.8, 4) is 5.75 Å². The second kappa shape index (κ2) is 6.09. The van der Waals surface area contributed by atoms with Gasteiger partial charge in [0.15, 0.2) is 0 Å². The van der Waals surface area contributed by atoms with E-state index in [9.17, 15) is 4.79 Å². The Labute approximate surface area is 102 Å². The summed E-state index contributed by atoms with van der Waals surface area (Å²) < 4.78 is 10.4. The number of aryl methyl sites for hydroxylation is 2. The minimum atomic E-state index is -0.381. The van der Waals surface area contributed by atoms with E-state index in [0.717, 1.165) is 16.9 Å². The molecule has 0 aliphatic heterocycles. The van der Waals surface area contributed by atoms with Gasteiger partial charge in [-0.1, -0.05) is 12.6 Å². The molecule has 0 bridgehead atoms. The Hall–Kier alpha value is -1.77. The molecule has 0 aromatic heterocycles. The SMILES string of the molecule is C=C(C)C(=O)OCCOc1cc(C)cc(C)c1. The van der Waals surface area contributed by atoms with Crippen LogP contribution < -0.4 is 4.74 Å². The number of esters is 1. The van der Waals surface area contributed by atoms with Crippen LogP contribution in [0.4, 0.5) is 0 Å². The third-order valence-electron chi connectivity index (χ3n) is 2.13. The number of carbonyl (C=O) groups is 1. The van der Waals surface area contributed by atoms with E-state index in [4.69, 9.17) is 9.47 Å². The van der Waals surface area contributed by atoms with Crippen LogP contribution in [-0.4, -0.2) is 19.2 Å². The number of rotatable bonds is 5. The van der Waals surface area contributed by atoms with Crippen molar-refractivity contribution in [1.82, 2.24) is 0 Å². The van der Waals surface area contributed by atoms with E-state index < -0.39 is 0 Å². The van der Waals surface area contributed by atoms with Crippen molar-refractivity contribution in [2.45, 2.75) is 20.8 Å². The van der Waals surface area contributed by atoms with Crippen molar-refractivity contribution in [2.24, 2.45) is 0 Å². The van der Waals surface area contributed by atoms with Crippen LogP contribution in [0.3, 0.4) is 0 Å². The summed E-state index contributed by atoms with van der Waals surface area (Å²) in [5, 5.41) is 0.